The van der Waals surface area contributed by atoms with Crippen molar-refractivity contribution in [3.63, 3.8) is 0 Å². The van der Waals surface area contributed by atoms with Gasteiger partial charge < -0.3 is 14.5 Å². The highest BCUT2D eigenvalue weighted by Crippen LogP contribution is 2.26. The number of hydrogen-bond donors (Lipinski definition) is 0. The van der Waals surface area contributed by atoms with Gasteiger partial charge in [0.15, 0.2) is 0 Å². The number of nitrogens with zero attached hydrogens (tertiary/aromatic N) is 2. The van der Waals surface area contributed by atoms with Crippen LogP contribution in [-0.2, 0) is 14.3 Å². The molecule has 1 aliphatic carbocycles. The van der Waals surface area contributed by atoms with Gasteiger partial charge in [-0.2, -0.15) is 0 Å². The summed E-state index contributed by atoms with van der Waals surface area (Å²) in [5.74, 6) is -0.0524. The molecular weight excluding hydrogens is 256 g/mol. The largest absolute Gasteiger partial charge is 0.381 e. The van der Waals surface area contributed by atoms with Crippen LogP contribution in [0, 0.1) is 5.92 Å². The van der Waals surface area contributed by atoms with Crippen molar-refractivity contribution in [1.29, 1.82) is 0 Å². The van der Waals surface area contributed by atoms with E-state index in [2.05, 4.69) is 0 Å². The molecule has 2 saturated heterocycles. The van der Waals surface area contributed by atoms with Crippen LogP contribution in [0.1, 0.15) is 38.5 Å². The molecule has 3 rings (SSSR count). The Balaban J connectivity index is 1.57. The maximum Gasteiger partial charge on any atom is 0.312 e. The number of amides is 2. The molecule has 1 saturated carbocycles. The van der Waals surface area contributed by atoms with E-state index in [1.807, 2.05) is 4.90 Å². The second-order valence-corrected chi connectivity index (χ2v) is 6.24. The first-order valence-corrected chi connectivity index (χ1v) is 7.93. The summed E-state index contributed by atoms with van der Waals surface area (Å²) in [5, 5.41) is 0. The van der Waals surface area contributed by atoms with Crippen molar-refractivity contribution < 1.29 is 14.3 Å². The lowest BCUT2D eigenvalue weighted by Crippen LogP contribution is -2.57. The number of piperazine rings is 1. The number of carbonyl (C=O) groups is 2. The normalized spacial score (nSPS) is 26.6. The average Bonchev–Trinajstić information content (AvgIpc) is 2.99. The minimum atomic E-state index is -0.283. The Kier molecular flexibility index (Phi) is 4.24. The van der Waals surface area contributed by atoms with Crippen LogP contribution < -0.4 is 0 Å². The lowest BCUT2D eigenvalue weighted by Gasteiger charge is -2.38. The molecule has 0 aromatic carbocycles. The minimum absolute atomic E-state index is 0.268. The number of rotatable bonds is 3. The van der Waals surface area contributed by atoms with Gasteiger partial charge in [0, 0.05) is 38.9 Å². The molecule has 0 unspecified atom stereocenters. The van der Waals surface area contributed by atoms with E-state index in [0.29, 0.717) is 18.5 Å². The van der Waals surface area contributed by atoms with Gasteiger partial charge in [-0.1, -0.05) is 12.8 Å². The van der Waals surface area contributed by atoms with Crippen molar-refractivity contribution in [2.45, 2.75) is 44.6 Å². The molecule has 3 fully saturated rings. The molecule has 0 atom stereocenters. The maximum atomic E-state index is 12.3. The van der Waals surface area contributed by atoms with Crippen LogP contribution in [0.5, 0.6) is 0 Å². The SMILES string of the molecule is O=C1C(=O)N(C2CCCC2)CCN1CC1CCOCC1. The maximum absolute atomic E-state index is 12.3. The Labute approximate surface area is 120 Å². The Morgan fingerprint density at radius 3 is 2.35 bits per heavy atom. The van der Waals surface area contributed by atoms with Crippen LogP contribution in [0.2, 0.25) is 0 Å². The first-order valence-electron chi connectivity index (χ1n) is 7.93. The number of ether oxygens (including phenoxy) is 1. The minimum Gasteiger partial charge on any atom is -0.381 e. The quantitative estimate of drug-likeness (QED) is 0.725. The molecular formula is C15H24N2O3. The highest BCUT2D eigenvalue weighted by Gasteiger charge is 2.37. The molecule has 0 aromatic heterocycles. The van der Waals surface area contributed by atoms with Crippen molar-refractivity contribution in [2.75, 3.05) is 32.8 Å². The fourth-order valence-corrected chi connectivity index (χ4v) is 3.67. The van der Waals surface area contributed by atoms with E-state index in [-0.39, 0.29) is 11.8 Å². The lowest BCUT2D eigenvalue weighted by molar-refractivity contribution is -0.158. The predicted octanol–water partition coefficient (Wildman–Crippen LogP) is 1.03. The molecule has 5 nitrogen and oxygen atoms in total. The Morgan fingerprint density at radius 2 is 1.65 bits per heavy atom. The molecule has 20 heavy (non-hydrogen) atoms. The van der Waals surface area contributed by atoms with E-state index in [0.717, 1.165) is 52.0 Å². The lowest BCUT2D eigenvalue weighted by atomic mass is 9.99. The zero-order chi connectivity index (χ0) is 13.9. The topological polar surface area (TPSA) is 49.9 Å². The van der Waals surface area contributed by atoms with Crippen molar-refractivity contribution in [1.82, 2.24) is 9.80 Å². The Morgan fingerprint density at radius 1 is 0.950 bits per heavy atom. The molecule has 2 amide bonds. The molecule has 0 aromatic rings. The summed E-state index contributed by atoms with van der Waals surface area (Å²) in [6.45, 7) is 3.73. The van der Waals surface area contributed by atoms with Crippen LogP contribution in [0.15, 0.2) is 0 Å². The number of hydrogen-bond acceptors (Lipinski definition) is 3. The van der Waals surface area contributed by atoms with Crippen LogP contribution in [-0.4, -0.2) is 60.5 Å². The molecule has 2 aliphatic heterocycles. The Hall–Kier alpha value is -1.10. The molecule has 3 aliphatic rings. The van der Waals surface area contributed by atoms with Crippen LogP contribution in [0.4, 0.5) is 0 Å². The summed E-state index contributed by atoms with van der Waals surface area (Å²) in [4.78, 5) is 28.1. The third-order valence-corrected chi connectivity index (χ3v) is 4.93. The van der Waals surface area contributed by atoms with Gasteiger partial charge in [0.05, 0.1) is 0 Å². The first kappa shape index (κ1) is 13.9. The van der Waals surface area contributed by atoms with Gasteiger partial charge in [0.25, 0.3) is 0 Å². The third kappa shape index (κ3) is 2.82. The van der Waals surface area contributed by atoms with Gasteiger partial charge in [0.1, 0.15) is 0 Å². The molecule has 2 heterocycles. The third-order valence-electron chi connectivity index (χ3n) is 4.93. The van der Waals surface area contributed by atoms with Crippen LogP contribution in [0.3, 0.4) is 0 Å². The zero-order valence-corrected chi connectivity index (χ0v) is 12.1. The van der Waals surface area contributed by atoms with Gasteiger partial charge in [-0.05, 0) is 31.6 Å². The smallest absolute Gasteiger partial charge is 0.312 e. The van der Waals surface area contributed by atoms with Crippen molar-refractivity contribution in [3.05, 3.63) is 0 Å². The number of carbonyl (C=O) groups excluding carboxylic acids is 2. The van der Waals surface area contributed by atoms with Crippen molar-refractivity contribution >= 4 is 11.8 Å². The fraction of sp³-hybridized carbons (Fsp3) is 0.867. The molecule has 0 radical (unpaired) electrons. The van der Waals surface area contributed by atoms with Gasteiger partial charge in [-0.15, -0.1) is 0 Å². The standard InChI is InChI=1S/C15H24N2O3/c18-14-15(19)17(13-3-1-2-4-13)8-7-16(14)11-12-5-9-20-10-6-12/h12-13H,1-11H2. The Bertz CT molecular complexity index is 373. The molecule has 0 N–H and O–H groups in total. The first-order chi connectivity index (χ1) is 9.75. The van der Waals surface area contributed by atoms with E-state index in [1.165, 1.54) is 12.8 Å². The highest BCUT2D eigenvalue weighted by atomic mass is 16.5. The van der Waals surface area contributed by atoms with Gasteiger partial charge >= 0.3 is 11.8 Å². The van der Waals surface area contributed by atoms with Crippen LogP contribution in [0.25, 0.3) is 0 Å². The highest BCUT2D eigenvalue weighted by molar-refractivity contribution is 6.35. The summed E-state index contributed by atoms with van der Waals surface area (Å²) in [6.07, 6.45) is 6.52. The van der Waals surface area contributed by atoms with E-state index in [4.69, 9.17) is 4.74 Å². The summed E-state index contributed by atoms with van der Waals surface area (Å²) in [6, 6.07) is 0.316. The van der Waals surface area contributed by atoms with E-state index >= 15 is 0 Å². The predicted molar refractivity (Wildman–Crippen MR) is 74.1 cm³/mol. The van der Waals surface area contributed by atoms with Gasteiger partial charge in [0.2, 0.25) is 0 Å². The van der Waals surface area contributed by atoms with Gasteiger partial charge in [-0.25, -0.2) is 0 Å². The summed E-state index contributed by atoms with van der Waals surface area (Å²) in [5.41, 5.74) is 0. The fourth-order valence-electron chi connectivity index (χ4n) is 3.67. The average molecular weight is 280 g/mol. The summed E-state index contributed by atoms with van der Waals surface area (Å²) in [7, 11) is 0. The summed E-state index contributed by atoms with van der Waals surface area (Å²) >= 11 is 0. The second kappa shape index (κ2) is 6.12. The summed E-state index contributed by atoms with van der Waals surface area (Å²) < 4.78 is 5.34. The molecule has 0 bridgehead atoms. The molecule has 112 valence electrons. The van der Waals surface area contributed by atoms with Crippen molar-refractivity contribution in [2.24, 2.45) is 5.92 Å². The monoisotopic (exact) mass is 280 g/mol. The van der Waals surface area contributed by atoms with E-state index in [1.54, 1.807) is 4.90 Å². The second-order valence-electron chi connectivity index (χ2n) is 6.24. The van der Waals surface area contributed by atoms with Crippen molar-refractivity contribution in [3.8, 4) is 0 Å². The van der Waals surface area contributed by atoms with Gasteiger partial charge in [-0.3, -0.25) is 9.59 Å². The van der Waals surface area contributed by atoms with Crippen LogP contribution >= 0.6 is 0 Å². The van der Waals surface area contributed by atoms with E-state index < -0.39 is 0 Å². The molecule has 0 spiro atoms. The van der Waals surface area contributed by atoms with E-state index in [9.17, 15) is 9.59 Å². The molecule has 5 heteroatoms. The zero-order valence-electron chi connectivity index (χ0n) is 12.1.